The molecule has 1 heterocycles. The number of nitrogens with zero attached hydrogens (tertiary/aromatic N) is 1. The predicted molar refractivity (Wildman–Crippen MR) is 40.8 cm³/mol. The van der Waals surface area contributed by atoms with Gasteiger partial charge in [0.2, 0.25) is 5.91 Å². The number of amides is 1. The largest absolute Gasteiger partial charge is 0.319 e. The van der Waals surface area contributed by atoms with Crippen molar-refractivity contribution in [1.29, 1.82) is 0 Å². The standard InChI is InChI=1S/C7H14N2O2/c1-8-4-3-7(10)9-5-2-6-11-9/h8H,2-6H2,1H3. The molecule has 1 saturated heterocycles. The normalized spacial score (nSPS) is 17.4. The van der Waals surface area contributed by atoms with Crippen LogP contribution in [-0.2, 0) is 9.63 Å². The molecular weight excluding hydrogens is 144 g/mol. The lowest BCUT2D eigenvalue weighted by atomic mass is 10.4. The lowest BCUT2D eigenvalue weighted by molar-refractivity contribution is -0.168. The number of hydrogen-bond acceptors (Lipinski definition) is 3. The summed E-state index contributed by atoms with van der Waals surface area (Å²) in [6.07, 6.45) is 1.49. The smallest absolute Gasteiger partial charge is 0.247 e. The molecule has 1 rings (SSSR count). The van der Waals surface area contributed by atoms with Crippen LogP contribution in [-0.4, -0.2) is 37.7 Å². The maximum atomic E-state index is 11.2. The van der Waals surface area contributed by atoms with E-state index in [1.165, 1.54) is 5.06 Å². The molecule has 0 aliphatic carbocycles. The van der Waals surface area contributed by atoms with Gasteiger partial charge in [-0.2, -0.15) is 0 Å². The highest BCUT2D eigenvalue weighted by Crippen LogP contribution is 2.05. The Morgan fingerprint density at radius 2 is 2.55 bits per heavy atom. The minimum atomic E-state index is 0.0804. The average Bonchev–Trinajstić information content (AvgIpc) is 2.52. The summed E-state index contributed by atoms with van der Waals surface area (Å²) in [5.41, 5.74) is 0. The second-order valence-corrected chi connectivity index (χ2v) is 2.54. The average molecular weight is 158 g/mol. The number of carbonyl (C=O) groups excluding carboxylic acids is 1. The molecule has 1 N–H and O–H groups in total. The van der Waals surface area contributed by atoms with E-state index >= 15 is 0 Å². The highest BCUT2D eigenvalue weighted by atomic mass is 16.7. The van der Waals surface area contributed by atoms with E-state index in [-0.39, 0.29) is 5.91 Å². The maximum absolute atomic E-state index is 11.2. The van der Waals surface area contributed by atoms with Crippen LogP contribution in [0.4, 0.5) is 0 Å². The first-order valence-electron chi connectivity index (χ1n) is 3.92. The second-order valence-electron chi connectivity index (χ2n) is 2.54. The number of carbonyl (C=O) groups is 1. The van der Waals surface area contributed by atoms with Gasteiger partial charge >= 0.3 is 0 Å². The summed E-state index contributed by atoms with van der Waals surface area (Å²) in [5.74, 6) is 0.0804. The summed E-state index contributed by atoms with van der Waals surface area (Å²) in [4.78, 5) is 16.2. The van der Waals surface area contributed by atoms with E-state index in [0.29, 0.717) is 13.0 Å². The first-order valence-corrected chi connectivity index (χ1v) is 3.92. The Morgan fingerprint density at radius 1 is 1.73 bits per heavy atom. The van der Waals surface area contributed by atoms with Crippen molar-refractivity contribution in [1.82, 2.24) is 10.4 Å². The summed E-state index contributed by atoms with van der Waals surface area (Å²) in [5, 5.41) is 4.37. The molecule has 0 aromatic heterocycles. The van der Waals surface area contributed by atoms with Gasteiger partial charge in [0.15, 0.2) is 0 Å². The molecule has 0 aromatic carbocycles. The zero-order valence-corrected chi connectivity index (χ0v) is 6.80. The molecule has 0 radical (unpaired) electrons. The molecule has 1 aliphatic rings. The Kier molecular flexibility index (Phi) is 3.32. The predicted octanol–water partition coefficient (Wildman–Crippen LogP) is -0.240. The van der Waals surface area contributed by atoms with Crippen LogP contribution in [0.1, 0.15) is 12.8 Å². The van der Waals surface area contributed by atoms with E-state index in [1.54, 1.807) is 0 Å². The fourth-order valence-corrected chi connectivity index (χ4v) is 1.00. The maximum Gasteiger partial charge on any atom is 0.247 e. The molecule has 1 fully saturated rings. The van der Waals surface area contributed by atoms with E-state index in [0.717, 1.165) is 19.5 Å². The quantitative estimate of drug-likeness (QED) is 0.616. The first-order chi connectivity index (χ1) is 5.34. The molecule has 11 heavy (non-hydrogen) atoms. The van der Waals surface area contributed by atoms with Crippen LogP contribution in [0, 0.1) is 0 Å². The molecule has 64 valence electrons. The molecule has 0 spiro atoms. The molecule has 0 atom stereocenters. The van der Waals surface area contributed by atoms with Crippen molar-refractivity contribution in [2.75, 3.05) is 26.7 Å². The molecule has 4 heteroatoms. The van der Waals surface area contributed by atoms with Gasteiger partial charge in [-0.05, 0) is 13.5 Å². The first kappa shape index (κ1) is 8.49. The van der Waals surface area contributed by atoms with Gasteiger partial charge in [-0.1, -0.05) is 0 Å². The van der Waals surface area contributed by atoms with E-state index in [9.17, 15) is 4.79 Å². The zero-order chi connectivity index (χ0) is 8.10. The summed E-state index contributed by atoms with van der Waals surface area (Å²) in [6.45, 7) is 2.16. The van der Waals surface area contributed by atoms with Crippen LogP contribution in [0.2, 0.25) is 0 Å². The van der Waals surface area contributed by atoms with Crippen molar-refractivity contribution in [3.63, 3.8) is 0 Å². The van der Waals surface area contributed by atoms with E-state index in [2.05, 4.69) is 5.32 Å². The van der Waals surface area contributed by atoms with Crippen molar-refractivity contribution < 1.29 is 9.63 Å². The molecule has 0 bridgehead atoms. The third kappa shape index (κ3) is 2.48. The Labute approximate surface area is 66.5 Å². The SMILES string of the molecule is CNCCC(=O)N1CCCO1. The lowest BCUT2D eigenvalue weighted by Gasteiger charge is -2.12. The van der Waals surface area contributed by atoms with Gasteiger partial charge in [0.25, 0.3) is 0 Å². The van der Waals surface area contributed by atoms with Crippen molar-refractivity contribution in [2.45, 2.75) is 12.8 Å². The lowest BCUT2D eigenvalue weighted by Crippen LogP contribution is -2.28. The number of nitrogens with one attached hydrogen (secondary N) is 1. The van der Waals surface area contributed by atoms with Crippen LogP contribution in [0.3, 0.4) is 0 Å². The zero-order valence-electron chi connectivity index (χ0n) is 6.80. The molecular formula is C7H14N2O2. The number of hydrogen-bond donors (Lipinski definition) is 1. The summed E-state index contributed by atoms with van der Waals surface area (Å²) in [6, 6.07) is 0. The number of rotatable bonds is 3. The molecule has 1 aliphatic heterocycles. The monoisotopic (exact) mass is 158 g/mol. The van der Waals surface area contributed by atoms with Gasteiger partial charge in [0.1, 0.15) is 0 Å². The van der Waals surface area contributed by atoms with E-state index in [1.807, 2.05) is 7.05 Å². The van der Waals surface area contributed by atoms with Crippen LogP contribution < -0.4 is 5.32 Å². The Morgan fingerprint density at radius 3 is 3.09 bits per heavy atom. The van der Waals surface area contributed by atoms with Gasteiger partial charge in [0.05, 0.1) is 13.2 Å². The summed E-state index contributed by atoms with van der Waals surface area (Å²) in [7, 11) is 1.83. The minimum absolute atomic E-state index is 0.0804. The minimum Gasteiger partial charge on any atom is -0.319 e. The van der Waals surface area contributed by atoms with Gasteiger partial charge in [0, 0.05) is 13.0 Å². The van der Waals surface area contributed by atoms with Crippen LogP contribution in [0.5, 0.6) is 0 Å². The Bertz CT molecular complexity index is 132. The van der Waals surface area contributed by atoms with Crippen molar-refractivity contribution >= 4 is 5.91 Å². The highest BCUT2D eigenvalue weighted by Gasteiger charge is 2.17. The van der Waals surface area contributed by atoms with Crippen LogP contribution in [0.15, 0.2) is 0 Å². The molecule has 0 saturated carbocycles. The van der Waals surface area contributed by atoms with Gasteiger partial charge in [-0.3, -0.25) is 9.63 Å². The van der Waals surface area contributed by atoms with Crippen LogP contribution in [0.25, 0.3) is 0 Å². The number of hydroxylamine groups is 2. The summed E-state index contributed by atoms with van der Waals surface area (Å²) >= 11 is 0. The fourth-order valence-electron chi connectivity index (χ4n) is 1.00. The van der Waals surface area contributed by atoms with E-state index in [4.69, 9.17) is 4.84 Å². The van der Waals surface area contributed by atoms with Crippen molar-refractivity contribution in [3.8, 4) is 0 Å². The Hall–Kier alpha value is -0.610. The van der Waals surface area contributed by atoms with E-state index < -0.39 is 0 Å². The highest BCUT2D eigenvalue weighted by molar-refractivity contribution is 5.75. The summed E-state index contributed by atoms with van der Waals surface area (Å²) < 4.78 is 0. The Balaban J connectivity index is 2.17. The second kappa shape index (κ2) is 4.31. The third-order valence-corrected chi connectivity index (χ3v) is 1.62. The van der Waals surface area contributed by atoms with Crippen molar-refractivity contribution in [2.24, 2.45) is 0 Å². The van der Waals surface area contributed by atoms with Crippen molar-refractivity contribution in [3.05, 3.63) is 0 Å². The topological polar surface area (TPSA) is 41.6 Å². The van der Waals surface area contributed by atoms with Gasteiger partial charge in [-0.15, -0.1) is 0 Å². The molecule has 1 amide bonds. The molecule has 0 aromatic rings. The third-order valence-electron chi connectivity index (χ3n) is 1.62. The van der Waals surface area contributed by atoms with Gasteiger partial charge < -0.3 is 5.32 Å². The molecule has 0 unspecified atom stereocenters. The fraction of sp³-hybridized carbons (Fsp3) is 0.857. The molecule has 4 nitrogen and oxygen atoms in total. The van der Waals surface area contributed by atoms with Gasteiger partial charge in [-0.25, -0.2) is 5.06 Å². The van der Waals surface area contributed by atoms with Crippen LogP contribution >= 0.6 is 0 Å².